The van der Waals surface area contributed by atoms with E-state index in [0.29, 0.717) is 0 Å². The third kappa shape index (κ3) is 4.43. The normalized spacial score (nSPS) is 5.00. The van der Waals surface area contributed by atoms with Crippen LogP contribution in [0.5, 0.6) is 0 Å². The van der Waals surface area contributed by atoms with E-state index in [1.54, 1.807) is 0 Å². The van der Waals surface area contributed by atoms with Crippen molar-refractivity contribution >= 4 is 24.4 Å². The summed E-state index contributed by atoms with van der Waals surface area (Å²) < 4.78 is 1.11. The van der Waals surface area contributed by atoms with E-state index in [1.807, 2.05) is 6.92 Å². The molecule has 0 aliphatic carbocycles. The molecule has 0 aromatic carbocycles. The minimum atomic E-state index is 1.11. The van der Waals surface area contributed by atoms with Gasteiger partial charge in [-0.3, -0.25) is 0 Å². The SMILES string of the molecule is CC#C[CH2][In]. The third-order valence-electron chi connectivity index (χ3n) is 0.279. The van der Waals surface area contributed by atoms with Crippen molar-refractivity contribution in [2.45, 2.75) is 11.1 Å². The number of hydrogen-bond acceptors (Lipinski definition) is 0. The molecule has 0 aliphatic heterocycles. The van der Waals surface area contributed by atoms with Crippen LogP contribution in [0.25, 0.3) is 0 Å². The Bertz CT molecular complexity index is 55.8. The molecule has 0 spiro atoms. The first-order chi connectivity index (χ1) is 2.41. The van der Waals surface area contributed by atoms with Crippen LogP contribution >= 0.6 is 0 Å². The molecule has 0 aromatic rings. The summed E-state index contributed by atoms with van der Waals surface area (Å²) in [6.45, 7) is 1.87. The molecule has 0 heterocycles. The maximum atomic E-state index is 2.92. The van der Waals surface area contributed by atoms with Crippen molar-refractivity contribution in [1.29, 1.82) is 0 Å². The van der Waals surface area contributed by atoms with Crippen LogP contribution < -0.4 is 0 Å². The Hall–Kier alpha value is 0.430. The van der Waals surface area contributed by atoms with Gasteiger partial charge in [-0.2, -0.15) is 0 Å². The van der Waals surface area contributed by atoms with Crippen molar-refractivity contribution in [3.05, 3.63) is 0 Å². The van der Waals surface area contributed by atoms with Crippen molar-refractivity contribution in [3.8, 4) is 11.8 Å². The van der Waals surface area contributed by atoms with E-state index in [1.165, 1.54) is 24.4 Å². The van der Waals surface area contributed by atoms with Gasteiger partial charge in [0.05, 0.1) is 0 Å². The second kappa shape index (κ2) is 4.43. The van der Waals surface area contributed by atoms with Crippen LogP contribution in [0.3, 0.4) is 0 Å². The Morgan fingerprint density at radius 1 is 1.80 bits per heavy atom. The van der Waals surface area contributed by atoms with Gasteiger partial charge in [-0.05, 0) is 0 Å². The van der Waals surface area contributed by atoms with Gasteiger partial charge in [0.2, 0.25) is 0 Å². The van der Waals surface area contributed by atoms with Crippen molar-refractivity contribution in [2.24, 2.45) is 0 Å². The zero-order valence-corrected chi connectivity index (χ0v) is 6.58. The summed E-state index contributed by atoms with van der Waals surface area (Å²) in [5.41, 5.74) is 0. The first-order valence-electron chi connectivity index (χ1n) is 1.51. The summed E-state index contributed by atoms with van der Waals surface area (Å²) >= 11 is 1.28. The summed E-state index contributed by atoms with van der Waals surface area (Å²) in [6.07, 6.45) is 0. The summed E-state index contributed by atoms with van der Waals surface area (Å²) in [5.74, 6) is 5.72. The van der Waals surface area contributed by atoms with Gasteiger partial charge in [-0.15, -0.1) is 0 Å². The molecule has 0 saturated carbocycles. The zero-order valence-electron chi connectivity index (χ0n) is 3.28. The molecular weight excluding hydrogens is 163 g/mol. The molecule has 24 valence electrons. The third-order valence-corrected chi connectivity index (χ3v) is 0.861. The average molecular weight is 168 g/mol. The fraction of sp³-hybridized carbons (Fsp3) is 0.500. The second-order valence-corrected chi connectivity index (χ2v) is 1.80. The molecule has 0 N–H and O–H groups in total. The first-order valence-corrected chi connectivity index (χ1v) is 3.84. The summed E-state index contributed by atoms with van der Waals surface area (Å²) in [5, 5.41) is 0. The minimum absolute atomic E-state index is 1.11. The van der Waals surface area contributed by atoms with Crippen molar-refractivity contribution in [3.63, 3.8) is 0 Å². The predicted molar refractivity (Wildman–Crippen MR) is 24.0 cm³/mol. The van der Waals surface area contributed by atoms with Gasteiger partial charge >= 0.3 is 47.3 Å². The molecule has 0 bridgehead atoms. The molecule has 0 amide bonds. The van der Waals surface area contributed by atoms with E-state index >= 15 is 0 Å². The molecule has 0 fully saturated rings. The van der Waals surface area contributed by atoms with Gasteiger partial charge in [0.25, 0.3) is 0 Å². The standard InChI is InChI=1S/C4H5.In/c1-3-4-2;/h1H2,2H3;. The van der Waals surface area contributed by atoms with E-state index < -0.39 is 0 Å². The van der Waals surface area contributed by atoms with Gasteiger partial charge in [0.15, 0.2) is 0 Å². The fourth-order valence-corrected chi connectivity index (χ4v) is 0.685. The van der Waals surface area contributed by atoms with Gasteiger partial charge in [0, 0.05) is 0 Å². The van der Waals surface area contributed by atoms with Gasteiger partial charge < -0.3 is 0 Å². The summed E-state index contributed by atoms with van der Waals surface area (Å²) in [4.78, 5) is 0. The van der Waals surface area contributed by atoms with Crippen LogP contribution in [-0.4, -0.2) is 24.4 Å². The van der Waals surface area contributed by atoms with Crippen LogP contribution in [0, 0.1) is 11.8 Å². The second-order valence-electron chi connectivity index (χ2n) is 0.631. The Morgan fingerprint density at radius 2 is 2.40 bits per heavy atom. The molecule has 0 unspecified atom stereocenters. The Balaban J connectivity index is 2.81. The molecule has 0 aliphatic rings. The van der Waals surface area contributed by atoms with Crippen LogP contribution in [0.2, 0.25) is 4.18 Å². The van der Waals surface area contributed by atoms with E-state index in [-0.39, 0.29) is 0 Å². The first kappa shape index (κ1) is 5.43. The average Bonchev–Trinajstić information content (AvgIpc) is 1.41. The number of rotatable bonds is 0. The van der Waals surface area contributed by atoms with E-state index in [9.17, 15) is 0 Å². The van der Waals surface area contributed by atoms with E-state index in [4.69, 9.17) is 0 Å². The van der Waals surface area contributed by atoms with Crippen molar-refractivity contribution in [1.82, 2.24) is 0 Å². The monoisotopic (exact) mass is 168 g/mol. The summed E-state index contributed by atoms with van der Waals surface area (Å²) in [6, 6.07) is 0. The molecule has 0 aromatic heterocycles. The molecule has 2 radical (unpaired) electrons. The van der Waals surface area contributed by atoms with E-state index in [0.717, 1.165) is 4.18 Å². The van der Waals surface area contributed by atoms with Crippen LogP contribution in [-0.2, 0) is 0 Å². The molecule has 0 atom stereocenters. The van der Waals surface area contributed by atoms with Crippen molar-refractivity contribution in [2.75, 3.05) is 0 Å². The number of hydrogen-bond donors (Lipinski definition) is 0. The molecule has 0 saturated heterocycles. The van der Waals surface area contributed by atoms with Gasteiger partial charge in [-0.25, -0.2) is 0 Å². The van der Waals surface area contributed by atoms with Crippen LogP contribution in [0.1, 0.15) is 6.92 Å². The topological polar surface area (TPSA) is 0 Å². The molecule has 1 heteroatoms. The molecule has 0 nitrogen and oxygen atoms in total. The van der Waals surface area contributed by atoms with Crippen LogP contribution in [0.15, 0.2) is 0 Å². The molecular formula is C4H5In. The van der Waals surface area contributed by atoms with Crippen LogP contribution in [0.4, 0.5) is 0 Å². The Labute approximate surface area is 47.5 Å². The van der Waals surface area contributed by atoms with Gasteiger partial charge in [0.1, 0.15) is 0 Å². The maximum absolute atomic E-state index is 2.92. The molecule has 5 heavy (non-hydrogen) atoms. The van der Waals surface area contributed by atoms with Crippen molar-refractivity contribution < 1.29 is 0 Å². The van der Waals surface area contributed by atoms with Gasteiger partial charge in [-0.1, -0.05) is 0 Å². The quantitative estimate of drug-likeness (QED) is 0.464. The predicted octanol–water partition coefficient (Wildman–Crippen LogP) is 0.597. The Morgan fingerprint density at radius 3 is 2.40 bits per heavy atom. The fourth-order valence-electron chi connectivity index (χ4n) is 0.102. The summed E-state index contributed by atoms with van der Waals surface area (Å²) in [7, 11) is 0. The Kier molecular flexibility index (Phi) is 4.81. The van der Waals surface area contributed by atoms with E-state index in [2.05, 4.69) is 11.8 Å². The zero-order chi connectivity index (χ0) is 4.12. The molecule has 0 rings (SSSR count).